The van der Waals surface area contributed by atoms with Crippen LogP contribution in [0, 0.1) is 5.41 Å². The highest BCUT2D eigenvalue weighted by atomic mass is 16.2. The zero-order valence-electron chi connectivity index (χ0n) is 15.1. The number of imidazole rings is 1. The van der Waals surface area contributed by atoms with Crippen molar-refractivity contribution in [2.45, 2.75) is 52.1 Å². The summed E-state index contributed by atoms with van der Waals surface area (Å²) < 4.78 is 0. The van der Waals surface area contributed by atoms with Gasteiger partial charge in [0.25, 0.3) is 0 Å². The van der Waals surface area contributed by atoms with Crippen molar-refractivity contribution in [1.82, 2.24) is 25.1 Å². The molecule has 1 aliphatic rings. The standard InChI is InChI=1S/C17H31N5O/c1-13(17(2,3)12-21(4)5)20-16(23)22-11-7-6-8-14(22)15-18-9-10-19-15/h9-10,13-14H,6-8,11-12H2,1-5H3,(H,18,19)(H,20,23)/t13-,14+/m1/s1. The summed E-state index contributed by atoms with van der Waals surface area (Å²) in [6.45, 7) is 8.19. The molecule has 0 unspecified atom stereocenters. The summed E-state index contributed by atoms with van der Waals surface area (Å²) in [7, 11) is 4.13. The molecule has 2 amide bonds. The van der Waals surface area contributed by atoms with Crippen LogP contribution in [-0.2, 0) is 0 Å². The summed E-state index contributed by atoms with van der Waals surface area (Å²) in [4.78, 5) is 24.4. The van der Waals surface area contributed by atoms with Crippen LogP contribution in [0.4, 0.5) is 4.79 Å². The zero-order valence-corrected chi connectivity index (χ0v) is 15.1. The van der Waals surface area contributed by atoms with Gasteiger partial charge in [0.2, 0.25) is 0 Å². The van der Waals surface area contributed by atoms with E-state index in [1.54, 1.807) is 6.20 Å². The average Bonchev–Trinajstić information content (AvgIpc) is 2.99. The van der Waals surface area contributed by atoms with E-state index in [0.717, 1.165) is 38.2 Å². The van der Waals surface area contributed by atoms with E-state index in [4.69, 9.17) is 0 Å². The second kappa shape index (κ2) is 7.34. The first kappa shape index (κ1) is 17.8. The maximum Gasteiger partial charge on any atom is 0.318 e. The number of rotatable bonds is 5. The fraction of sp³-hybridized carbons (Fsp3) is 0.765. The Hall–Kier alpha value is -1.56. The number of nitrogens with one attached hydrogen (secondary N) is 2. The molecular formula is C17H31N5O. The SMILES string of the molecule is C[C@@H](NC(=O)N1CCCC[C@H]1c1ncc[nH]1)C(C)(C)CN(C)C. The van der Waals surface area contributed by atoms with Gasteiger partial charge in [-0.1, -0.05) is 13.8 Å². The van der Waals surface area contributed by atoms with E-state index in [0.29, 0.717) is 0 Å². The fourth-order valence-electron chi connectivity index (χ4n) is 3.33. The van der Waals surface area contributed by atoms with Crippen LogP contribution in [-0.4, -0.2) is 59.0 Å². The van der Waals surface area contributed by atoms with Crippen molar-refractivity contribution in [3.05, 3.63) is 18.2 Å². The summed E-state index contributed by atoms with van der Waals surface area (Å²) >= 11 is 0. The highest BCUT2D eigenvalue weighted by Gasteiger charge is 2.33. The molecule has 0 spiro atoms. The lowest BCUT2D eigenvalue weighted by Gasteiger charge is -2.39. The van der Waals surface area contributed by atoms with Crippen molar-refractivity contribution in [3.63, 3.8) is 0 Å². The van der Waals surface area contributed by atoms with Gasteiger partial charge in [-0.05, 0) is 45.7 Å². The van der Waals surface area contributed by atoms with Gasteiger partial charge in [0.15, 0.2) is 0 Å². The quantitative estimate of drug-likeness (QED) is 0.876. The summed E-state index contributed by atoms with van der Waals surface area (Å²) in [5.41, 5.74) is 0.00905. The molecule has 6 nitrogen and oxygen atoms in total. The van der Waals surface area contributed by atoms with Crippen LogP contribution in [0.15, 0.2) is 12.4 Å². The maximum atomic E-state index is 12.8. The van der Waals surface area contributed by atoms with Crippen molar-refractivity contribution in [2.75, 3.05) is 27.2 Å². The summed E-state index contributed by atoms with van der Waals surface area (Å²) in [5, 5.41) is 3.21. The van der Waals surface area contributed by atoms with Crippen molar-refractivity contribution in [3.8, 4) is 0 Å². The second-order valence-corrected chi connectivity index (χ2v) is 7.58. The van der Waals surface area contributed by atoms with Crippen LogP contribution in [0.5, 0.6) is 0 Å². The minimum atomic E-state index is 0.00905. The van der Waals surface area contributed by atoms with Crippen molar-refractivity contribution < 1.29 is 4.79 Å². The van der Waals surface area contributed by atoms with Crippen LogP contribution >= 0.6 is 0 Å². The number of aromatic amines is 1. The van der Waals surface area contributed by atoms with E-state index >= 15 is 0 Å². The first-order chi connectivity index (χ1) is 10.8. The van der Waals surface area contributed by atoms with Crippen molar-refractivity contribution in [1.29, 1.82) is 0 Å². The fourth-order valence-corrected chi connectivity index (χ4v) is 3.33. The van der Waals surface area contributed by atoms with Crippen molar-refractivity contribution >= 4 is 6.03 Å². The smallest absolute Gasteiger partial charge is 0.318 e. The van der Waals surface area contributed by atoms with Crippen LogP contribution < -0.4 is 5.32 Å². The molecule has 0 aliphatic carbocycles. The molecule has 1 fully saturated rings. The molecule has 2 N–H and O–H groups in total. The highest BCUT2D eigenvalue weighted by Crippen LogP contribution is 2.29. The second-order valence-electron chi connectivity index (χ2n) is 7.58. The third-order valence-electron chi connectivity index (χ3n) is 4.83. The monoisotopic (exact) mass is 321 g/mol. The molecule has 2 heterocycles. The Morgan fingerprint density at radius 1 is 1.52 bits per heavy atom. The lowest BCUT2D eigenvalue weighted by Crippen LogP contribution is -2.53. The molecule has 0 bridgehead atoms. The number of H-pyrrole nitrogens is 1. The first-order valence-electron chi connectivity index (χ1n) is 8.52. The Morgan fingerprint density at radius 3 is 2.87 bits per heavy atom. The predicted octanol–water partition coefficient (Wildman–Crippen LogP) is 2.62. The van der Waals surface area contributed by atoms with Gasteiger partial charge in [-0.15, -0.1) is 0 Å². The van der Waals surface area contributed by atoms with E-state index in [2.05, 4.69) is 55.1 Å². The topological polar surface area (TPSA) is 64.3 Å². The molecule has 6 heteroatoms. The molecule has 23 heavy (non-hydrogen) atoms. The largest absolute Gasteiger partial charge is 0.347 e. The normalized spacial score (nSPS) is 20.6. The number of likely N-dealkylation sites (tertiary alicyclic amines) is 1. The summed E-state index contributed by atoms with van der Waals surface area (Å²) in [6.07, 6.45) is 6.74. The van der Waals surface area contributed by atoms with Gasteiger partial charge >= 0.3 is 6.03 Å². The molecule has 0 aromatic carbocycles. The number of nitrogens with zero attached hydrogens (tertiary/aromatic N) is 3. The van der Waals surface area contributed by atoms with Crippen LogP contribution in [0.1, 0.15) is 51.9 Å². The Kier molecular flexibility index (Phi) is 5.68. The van der Waals surface area contributed by atoms with E-state index in [1.807, 2.05) is 11.1 Å². The van der Waals surface area contributed by atoms with E-state index in [-0.39, 0.29) is 23.5 Å². The van der Waals surface area contributed by atoms with E-state index < -0.39 is 0 Å². The molecular weight excluding hydrogens is 290 g/mol. The van der Waals surface area contributed by atoms with Gasteiger partial charge in [0.1, 0.15) is 5.82 Å². The molecule has 0 saturated carbocycles. The predicted molar refractivity (Wildman–Crippen MR) is 92.2 cm³/mol. The zero-order chi connectivity index (χ0) is 17.0. The van der Waals surface area contributed by atoms with Gasteiger partial charge in [-0.2, -0.15) is 0 Å². The van der Waals surface area contributed by atoms with Gasteiger partial charge in [-0.25, -0.2) is 9.78 Å². The molecule has 1 saturated heterocycles. The number of amides is 2. The van der Waals surface area contributed by atoms with Gasteiger partial charge in [0, 0.05) is 31.5 Å². The number of aromatic nitrogens is 2. The van der Waals surface area contributed by atoms with Gasteiger partial charge in [0.05, 0.1) is 6.04 Å². The Labute approximate surface area is 139 Å². The number of hydrogen-bond acceptors (Lipinski definition) is 3. The summed E-state index contributed by atoms with van der Waals surface area (Å²) in [6, 6.07) is 0.171. The Balaban J connectivity index is 2.03. The number of piperidine rings is 1. The molecule has 2 rings (SSSR count). The molecule has 2 atom stereocenters. The number of carbonyl (C=O) groups excluding carboxylic acids is 1. The van der Waals surface area contributed by atoms with Crippen molar-refractivity contribution in [2.24, 2.45) is 5.41 Å². The molecule has 1 aliphatic heterocycles. The van der Waals surface area contributed by atoms with Crippen LogP contribution in [0.25, 0.3) is 0 Å². The number of urea groups is 1. The Bertz CT molecular complexity index is 497. The minimum absolute atomic E-state index is 0.00905. The van der Waals surface area contributed by atoms with Gasteiger partial charge in [-0.3, -0.25) is 0 Å². The molecule has 130 valence electrons. The first-order valence-corrected chi connectivity index (χ1v) is 8.52. The molecule has 1 aromatic rings. The third-order valence-corrected chi connectivity index (χ3v) is 4.83. The highest BCUT2D eigenvalue weighted by molar-refractivity contribution is 5.75. The van der Waals surface area contributed by atoms with Gasteiger partial charge < -0.3 is 20.1 Å². The lowest BCUT2D eigenvalue weighted by molar-refractivity contribution is 0.129. The lowest BCUT2D eigenvalue weighted by atomic mass is 9.85. The van der Waals surface area contributed by atoms with E-state index in [9.17, 15) is 4.79 Å². The molecule has 1 aromatic heterocycles. The minimum Gasteiger partial charge on any atom is -0.347 e. The maximum absolute atomic E-state index is 12.8. The number of hydrogen-bond donors (Lipinski definition) is 2. The Morgan fingerprint density at radius 2 is 2.26 bits per heavy atom. The van der Waals surface area contributed by atoms with Crippen LogP contribution in [0.2, 0.25) is 0 Å². The average molecular weight is 321 g/mol. The van der Waals surface area contributed by atoms with Crippen LogP contribution in [0.3, 0.4) is 0 Å². The van der Waals surface area contributed by atoms with E-state index in [1.165, 1.54) is 0 Å². The third kappa shape index (κ3) is 4.47. The number of carbonyl (C=O) groups is 1. The summed E-state index contributed by atoms with van der Waals surface area (Å²) in [5.74, 6) is 0.889. The molecule has 0 radical (unpaired) electrons.